The summed E-state index contributed by atoms with van der Waals surface area (Å²) in [5.41, 5.74) is 4.34. The largest absolute Gasteiger partial charge is 0.465 e. The van der Waals surface area contributed by atoms with E-state index in [1.165, 1.54) is 18.2 Å². The Hall–Kier alpha value is -4.41. The van der Waals surface area contributed by atoms with Crippen molar-refractivity contribution in [3.05, 3.63) is 76.6 Å². The van der Waals surface area contributed by atoms with Crippen molar-refractivity contribution in [2.75, 3.05) is 20.8 Å². The van der Waals surface area contributed by atoms with Crippen LogP contribution in [0.15, 0.2) is 58.0 Å². The van der Waals surface area contributed by atoms with Crippen molar-refractivity contribution in [1.29, 1.82) is 0 Å². The molecule has 11 heteroatoms. The van der Waals surface area contributed by atoms with Crippen molar-refractivity contribution in [2.45, 2.75) is 24.9 Å². The van der Waals surface area contributed by atoms with Gasteiger partial charge in [-0.05, 0) is 71.8 Å². The molecule has 1 aromatic heterocycles. The third kappa shape index (κ3) is 4.58. The van der Waals surface area contributed by atoms with Crippen LogP contribution in [-0.2, 0) is 10.9 Å². The number of rotatable bonds is 5. The second kappa shape index (κ2) is 9.11. The fourth-order valence-corrected chi connectivity index (χ4v) is 4.78. The lowest BCUT2D eigenvalue weighted by molar-refractivity contribution is -0.136. The highest BCUT2D eigenvalue weighted by Crippen LogP contribution is 2.44. The van der Waals surface area contributed by atoms with Crippen LogP contribution in [0.1, 0.15) is 45.8 Å². The van der Waals surface area contributed by atoms with E-state index in [-0.39, 0.29) is 17.0 Å². The first-order chi connectivity index (χ1) is 18.6. The van der Waals surface area contributed by atoms with Gasteiger partial charge in [-0.15, -0.1) is 0 Å². The molecule has 0 amide bonds. The summed E-state index contributed by atoms with van der Waals surface area (Å²) in [6.45, 7) is 0.469. The summed E-state index contributed by atoms with van der Waals surface area (Å²) in [7, 11) is 2.92. The van der Waals surface area contributed by atoms with Gasteiger partial charge in [-0.3, -0.25) is 5.43 Å². The SMILES string of the molecule is COC(=O)c1cc(C(F)(F)F)c2oc(-c3cc(-c4ccc(F)cc4C4=NNCN4C)cc(C4CC4)c3)nc2c1. The third-order valence-corrected chi connectivity index (χ3v) is 6.86. The molecule has 2 aliphatic rings. The van der Waals surface area contributed by atoms with Gasteiger partial charge >= 0.3 is 12.1 Å². The molecule has 39 heavy (non-hydrogen) atoms. The molecule has 0 saturated heterocycles. The maximum absolute atomic E-state index is 14.3. The summed E-state index contributed by atoms with van der Waals surface area (Å²) in [6.07, 6.45) is -2.83. The number of hydrogen-bond donors (Lipinski definition) is 1. The number of oxazole rings is 1. The highest BCUT2D eigenvalue weighted by atomic mass is 19.4. The van der Waals surface area contributed by atoms with Crippen LogP contribution in [0.25, 0.3) is 33.7 Å². The summed E-state index contributed by atoms with van der Waals surface area (Å²) in [4.78, 5) is 18.2. The first kappa shape index (κ1) is 24.9. The number of carbonyl (C=O) groups is 1. The Kier molecular flexibility index (Phi) is 5.81. The van der Waals surface area contributed by atoms with Gasteiger partial charge in [0.2, 0.25) is 5.89 Å². The minimum atomic E-state index is -4.79. The first-order valence-corrected chi connectivity index (χ1v) is 12.2. The number of nitrogens with zero attached hydrogens (tertiary/aromatic N) is 3. The molecule has 3 aromatic carbocycles. The average molecular weight is 539 g/mol. The normalized spacial score (nSPS) is 15.4. The van der Waals surface area contributed by atoms with Crippen LogP contribution in [0.3, 0.4) is 0 Å². The van der Waals surface area contributed by atoms with Crippen LogP contribution in [0.2, 0.25) is 0 Å². The van der Waals surface area contributed by atoms with Gasteiger partial charge in [0.25, 0.3) is 0 Å². The number of fused-ring (bicyclic) bond motifs is 1. The zero-order valence-corrected chi connectivity index (χ0v) is 20.9. The quantitative estimate of drug-likeness (QED) is 0.243. The molecule has 7 nitrogen and oxygen atoms in total. The molecular weight excluding hydrogens is 516 g/mol. The molecule has 4 aromatic rings. The van der Waals surface area contributed by atoms with Gasteiger partial charge in [0.15, 0.2) is 11.4 Å². The summed E-state index contributed by atoms with van der Waals surface area (Å²) < 4.78 is 66.4. The lowest BCUT2D eigenvalue weighted by atomic mass is 9.94. The second-order valence-corrected chi connectivity index (χ2v) is 9.64. The van der Waals surface area contributed by atoms with Crippen molar-refractivity contribution in [3.8, 4) is 22.6 Å². The molecule has 0 unspecified atom stereocenters. The number of hydrazone groups is 1. The summed E-state index contributed by atoms with van der Waals surface area (Å²) >= 11 is 0. The summed E-state index contributed by atoms with van der Waals surface area (Å²) in [5, 5.41) is 4.31. The Balaban J connectivity index is 1.53. The fraction of sp³-hybridized carbons (Fsp3) is 0.250. The van der Waals surface area contributed by atoms with Crippen LogP contribution in [0.5, 0.6) is 0 Å². The molecule has 0 bridgehead atoms. The number of halogens is 4. The second-order valence-electron chi connectivity index (χ2n) is 9.64. The number of hydrogen-bond acceptors (Lipinski definition) is 7. The molecule has 6 rings (SSSR count). The van der Waals surface area contributed by atoms with E-state index in [1.807, 2.05) is 24.1 Å². The number of aromatic nitrogens is 1. The Bertz CT molecular complexity index is 1660. The smallest absolute Gasteiger partial charge is 0.420 e. The molecule has 2 heterocycles. The molecule has 1 N–H and O–H groups in total. The predicted octanol–water partition coefficient (Wildman–Crippen LogP) is 6.14. The monoisotopic (exact) mass is 538 g/mol. The lowest BCUT2D eigenvalue weighted by Crippen LogP contribution is -2.25. The van der Waals surface area contributed by atoms with E-state index in [0.717, 1.165) is 31.1 Å². The molecule has 200 valence electrons. The lowest BCUT2D eigenvalue weighted by Gasteiger charge is -2.17. The number of benzene rings is 3. The van der Waals surface area contributed by atoms with Crippen molar-refractivity contribution < 1.29 is 31.5 Å². The zero-order chi connectivity index (χ0) is 27.5. The molecule has 1 aliphatic carbocycles. The predicted molar refractivity (Wildman–Crippen MR) is 135 cm³/mol. The molecule has 0 spiro atoms. The van der Waals surface area contributed by atoms with E-state index >= 15 is 0 Å². The Morgan fingerprint density at radius 3 is 2.51 bits per heavy atom. The van der Waals surface area contributed by atoms with E-state index in [0.29, 0.717) is 41.2 Å². The molecule has 1 aliphatic heterocycles. The van der Waals surface area contributed by atoms with Crippen molar-refractivity contribution in [3.63, 3.8) is 0 Å². The standard InChI is InChI=1S/C28H22F4N4O3/c1-36-13-33-35-25(36)21-12-19(29)5-6-20(21)16-7-15(14-3-4-14)8-17(9-16)26-34-23-11-18(27(37)38-2)10-22(24(23)39-26)28(30,31)32/h5-12,14,33H,3-4,13H2,1-2H3. The maximum atomic E-state index is 14.3. The van der Waals surface area contributed by atoms with Crippen molar-refractivity contribution in [2.24, 2.45) is 5.10 Å². The number of amidine groups is 1. The highest BCUT2D eigenvalue weighted by Gasteiger charge is 2.36. The minimum absolute atomic E-state index is 0.0260. The molecule has 0 radical (unpaired) electrons. The van der Waals surface area contributed by atoms with E-state index in [9.17, 15) is 22.4 Å². The van der Waals surface area contributed by atoms with Crippen LogP contribution < -0.4 is 5.43 Å². The Morgan fingerprint density at radius 1 is 1.08 bits per heavy atom. The molecular formula is C28H22F4N4O3. The number of esters is 1. The molecule has 1 fully saturated rings. The van der Waals surface area contributed by atoms with Crippen LogP contribution in [-0.4, -0.2) is 42.5 Å². The minimum Gasteiger partial charge on any atom is -0.465 e. The van der Waals surface area contributed by atoms with Gasteiger partial charge in [-0.1, -0.05) is 12.1 Å². The maximum Gasteiger partial charge on any atom is 0.420 e. The number of nitrogens with one attached hydrogen (secondary N) is 1. The number of methoxy groups -OCH3 is 1. The van der Waals surface area contributed by atoms with Crippen LogP contribution in [0.4, 0.5) is 17.6 Å². The van der Waals surface area contributed by atoms with Crippen molar-refractivity contribution >= 4 is 22.9 Å². The van der Waals surface area contributed by atoms with Gasteiger partial charge in [0, 0.05) is 18.2 Å². The van der Waals surface area contributed by atoms with E-state index in [2.05, 4.69) is 20.2 Å². The van der Waals surface area contributed by atoms with Crippen LogP contribution in [0, 0.1) is 5.82 Å². The molecule has 0 atom stereocenters. The van der Waals surface area contributed by atoms with Gasteiger partial charge in [0.1, 0.15) is 23.6 Å². The van der Waals surface area contributed by atoms with E-state index in [4.69, 9.17) is 4.42 Å². The van der Waals surface area contributed by atoms with E-state index < -0.39 is 29.1 Å². The number of ether oxygens (including phenoxy) is 1. The summed E-state index contributed by atoms with van der Waals surface area (Å²) in [5.74, 6) is -0.503. The van der Waals surface area contributed by atoms with Gasteiger partial charge in [-0.25, -0.2) is 14.2 Å². The topological polar surface area (TPSA) is 80.0 Å². The van der Waals surface area contributed by atoms with Crippen LogP contribution >= 0.6 is 0 Å². The number of carbonyl (C=O) groups excluding carboxylic acids is 1. The van der Waals surface area contributed by atoms with Crippen molar-refractivity contribution in [1.82, 2.24) is 15.3 Å². The highest BCUT2D eigenvalue weighted by molar-refractivity contribution is 6.05. The molecule has 1 saturated carbocycles. The Labute approximate surface area is 220 Å². The first-order valence-electron chi connectivity index (χ1n) is 12.2. The fourth-order valence-electron chi connectivity index (χ4n) is 4.78. The third-order valence-electron chi connectivity index (χ3n) is 6.86. The summed E-state index contributed by atoms with van der Waals surface area (Å²) in [6, 6.07) is 11.9. The van der Waals surface area contributed by atoms with Gasteiger partial charge in [0.05, 0.1) is 12.7 Å². The van der Waals surface area contributed by atoms with Gasteiger partial charge in [-0.2, -0.15) is 18.3 Å². The van der Waals surface area contributed by atoms with E-state index in [1.54, 1.807) is 12.1 Å². The van der Waals surface area contributed by atoms with Gasteiger partial charge < -0.3 is 14.1 Å². The Morgan fingerprint density at radius 2 is 1.85 bits per heavy atom. The zero-order valence-electron chi connectivity index (χ0n) is 20.9. The average Bonchev–Trinajstić information content (AvgIpc) is 3.53. The number of alkyl halides is 3.